The van der Waals surface area contributed by atoms with Crippen LogP contribution in [0.5, 0.6) is 0 Å². The van der Waals surface area contributed by atoms with Crippen molar-refractivity contribution in [2.45, 2.75) is 25.6 Å². The summed E-state index contributed by atoms with van der Waals surface area (Å²) in [6.45, 7) is 1.38. The first-order valence-corrected chi connectivity index (χ1v) is 11.0. The van der Waals surface area contributed by atoms with Crippen molar-refractivity contribution < 1.29 is 32.3 Å². The molecule has 1 aliphatic rings. The van der Waals surface area contributed by atoms with Crippen LogP contribution in [0.2, 0.25) is 0 Å². The van der Waals surface area contributed by atoms with Gasteiger partial charge in [0.05, 0.1) is 36.3 Å². The molecule has 0 fully saturated rings. The lowest BCUT2D eigenvalue weighted by Gasteiger charge is -2.43. The number of esters is 1. The van der Waals surface area contributed by atoms with Crippen molar-refractivity contribution in [2.24, 2.45) is 5.73 Å². The second-order valence-corrected chi connectivity index (χ2v) is 8.18. The maximum atomic E-state index is 13.4. The fourth-order valence-electron chi connectivity index (χ4n) is 4.23. The minimum atomic E-state index is -4.69. The minimum Gasteiger partial charge on any atom is -0.466 e. The Bertz CT molecular complexity index is 1400. The molecule has 1 atom stereocenters. The molecule has 2 aromatic rings. The summed E-state index contributed by atoms with van der Waals surface area (Å²) in [4.78, 5) is 39.7. The van der Waals surface area contributed by atoms with Crippen LogP contribution in [0.4, 0.5) is 23.7 Å². The summed E-state index contributed by atoms with van der Waals surface area (Å²) in [6.07, 6.45) is -4.94. The minimum absolute atomic E-state index is 0.000993. The number of halogens is 3. The zero-order valence-corrected chi connectivity index (χ0v) is 20.5. The van der Waals surface area contributed by atoms with E-state index < -0.39 is 41.6 Å². The molecule has 0 saturated heterocycles. The summed E-state index contributed by atoms with van der Waals surface area (Å²) in [7, 11) is 2.48. The van der Waals surface area contributed by atoms with Gasteiger partial charge in [-0.05, 0) is 48.4 Å². The lowest BCUT2D eigenvalue weighted by molar-refractivity contribution is -0.138. The molecule has 0 saturated carbocycles. The Hall–Kier alpha value is -4.86. The molecular formula is C25H23F3N6O4. The Kier molecular flexibility index (Phi) is 7.76. The van der Waals surface area contributed by atoms with E-state index in [-0.39, 0.29) is 40.1 Å². The van der Waals surface area contributed by atoms with Crippen LogP contribution < -0.4 is 16.0 Å². The molecule has 0 aliphatic carbocycles. The molecule has 198 valence electrons. The number of nitrogens with zero attached hydrogens (tertiary/aromatic N) is 3. The molecule has 10 nitrogen and oxygen atoms in total. The second kappa shape index (κ2) is 10.6. The number of likely N-dealkylation sites (N-methyl/N-ethyl adjacent to an activating group) is 1. The monoisotopic (exact) mass is 528 g/mol. The molecule has 13 heteroatoms. The van der Waals surface area contributed by atoms with Crippen molar-refractivity contribution in [3.05, 3.63) is 76.0 Å². The van der Waals surface area contributed by atoms with E-state index in [0.717, 1.165) is 30.2 Å². The number of primary amides is 1. The van der Waals surface area contributed by atoms with Crippen LogP contribution in [0, 0.1) is 16.7 Å². The van der Waals surface area contributed by atoms with E-state index in [4.69, 9.17) is 15.9 Å². The highest BCUT2D eigenvalue weighted by molar-refractivity contribution is 6.10. The number of anilines is 1. The summed E-state index contributed by atoms with van der Waals surface area (Å²) in [5.41, 5.74) is 4.91. The van der Waals surface area contributed by atoms with E-state index in [1.54, 1.807) is 0 Å². The van der Waals surface area contributed by atoms with Gasteiger partial charge in [0, 0.05) is 18.4 Å². The number of methoxy groups -OCH3 is 1. The van der Waals surface area contributed by atoms with Crippen molar-refractivity contribution >= 4 is 29.6 Å². The number of carbonyl (C=O) groups is 3. The number of nitrogens with one attached hydrogen (secondary N) is 2. The van der Waals surface area contributed by atoms with Gasteiger partial charge < -0.3 is 15.8 Å². The zero-order chi connectivity index (χ0) is 28.4. The van der Waals surface area contributed by atoms with Crippen LogP contribution >= 0.6 is 0 Å². The maximum Gasteiger partial charge on any atom is 0.416 e. The first-order chi connectivity index (χ1) is 17.8. The summed E-state index contributed by atoms with van der Waals surface area (Å²) in [5.74, 6) is -2.02. The van der Waals surface area contributed by atoms with Crippen LogP contribution in [0.1, 0.15) is 35.2 Å². The standard InChI is InChI=1S/C25H23F3N6O4/c1-13-20(22(36)38-3)21(18-8-7-14(12-29)9-15(18)10-19(35)32-2)34(24(31)37)23(30)33(13)17-6-4-5-16(11-17)25(26,27)28/h4-9,11,21,30H,10H2,1-3H3,(H2,31,37)(H,32,35). The largest absolute Gasteiger partial charge is 0.466 e. The average Bonchev–Trinajstić information content (AvgIpc) is 2.87. The average molecular weight is 528 g/mol. The Labute approximate surface area is 215 Å². The summed E-state index contributed by atoms with van der Waals surface area (Å²) < 4.78 is 45.2. The Morgan fingerprint density at radius 2 is 1.89 bits per heavy atom. The number of ether oxygens (including phenoxy) is 1. The van der Waals surface area contributed by atoms with Crippen LogP contribution in [0.15, 0.2) is 53.7 Å². The number of nitrogens with two attached hydrogens (primary N) is 1. The summed E-state index contributed by atoms with van der Waals surface area (Å²) in [5, 5.41) is 20.6. The number of benzene rings is 2. The van der Waals surface area contributed by atoms with Gasteiger partial charge in [0.1, 0.15) is 6.04 Å². The molecule has 38 heavy (non-hydrogen) atoms. The summed E-state index contributed by atoms with van der Waals surface area (Å²) >= 11 is 0. The number of hydrogen-bond acceptors (Lipinski definition) is 6. The fourth-order valence-corrected chi connectivity index (χ4v) is 4.23. The van der Waals surface area contributed by atoms with Crippen LogP contribution in [-0.4, -0.2) is 42.9 Å². The molecule has 2 aromatic carbocycles. The van der Waals surface area contributed by atoms with E-state index in [0.29, 0.717) is 4.90 Å². The van der Waals surface area contributed by atoms with Gasteiger partial charge in [0.15, 0.2) is 0 Å². The highest BCUT2D eigenvalue weighted by Gasteiger charge is 2.44. The number of urea groups is 1. The molecule has 1 aliphatic heterocycles. The van der Waals surface area contributed by atoms with Gasteiger partial charge in [0.25, 0.3) is 0 Å². The smallest absolute Gasteiger partial charge is 0.416 e. The third kappa shape index (κ3) is 5.15. The van der Waals surface area contributed by atoms with E-state index in [1.807, 2.05) is 6.07 Å². The number of hydrogen-bond donors (Lipinski definition) is 3. The number of guanidine groups is 1. The first-order valence-electron chi connectivity index (χ1n) is 11.0. The number of carbonyl (C=O) groups excluding carboxylic acids is 3. The highest BCUT2D eigenvalue weighted by Crippen LogP contribution is 2.42. The van der Waals surface area contributed by atoms with Gasteiger partial charge in [-0.25, -0.2) is 9.59 Å². The van der Waals surface area contributed by atoms with Crippen molar-refractivity contribution in [3.8, 4) is 6.07 Å². The van der Waals surface area contributed by atoms with Gasteiger partial charge in [-0.3, -0.25) is 20.0 Å². The number of rotatable bonds is 5. The zero-order valence-electron chi connectivity index (χ0n) is 20.5. The third-order valence-electron chi connectivity index (χ3n) is 5.97. The summed E-state index contributed by atoms with van der Waals surface area (Å²) in [6, 6.07) is 7.60. The number of allylic oxidation sites excluding steroid dienone is 1. The van der Waals surface area contributed by atoms with Gasteiger partial charge in [-0.15, -0.1) is 0 Å². The Balaban J connectivity index is 2.36. The van der Waals surface area contributed by atoms with Crippen LogP contribution in [0.25, 0.3) is 0 Å². The van der Waals surface area contributed by atoms with E-state index in [1.165, 1.54) is 38.2 Å². The Morgan fingerprint density at radius 3 is 2.45 bits per heavy atom. The lowest BCUT2D eigenvalue weighted by Crippen LogP contribution is -2.55. The molecule has 0 radical (unpaired) electrons. The Morgan fingerprint density at radius 1 is 1.21 bits per heavy atom. The number of nitriles is 1. The molecular weight excluding hydrogens is 505 g/mol. The quantitative estimate of drug-likeness (QED) is 0.507. The first kappa shape index (κ1) is 27.7. The van der Waals surface area contributed by atoms with Crippen molar-refractivity contribution in [2.75, 3.05) is 19.1 Å². The van der Waals surface area contributed by atoms with Gasteiger partial charge in [-0.1, -0.05) is 12.1 Å². The van der Waals surface area contributed by atoms with E-state index in [2.05, 4.69) is 5.32 Å². The van der Waals surface area contributed by atoms with E-state index in [9.17, 15) is 32.8 Å². The highest BCUT2D eigenvalue weighted by atomic mass is 19.4. The van der Waals surface area contributed by atoms with Crippen LogP contribution in [-0.2, 0) is 26.9 Å². The molecule has 4 N–H and O–H groups in total. The number of amides is 3. The molecule has 1 heterocycles. The van der Waals surface area contributed by atoms with Crippen LogP contribution in [0.3, 0.4) is 0 Å². The van der Waals surface area contributed by atoms with Crippen molar-refractivity contribution in [1.29, 1.82) is 10.7 Å². The third-order valence-corrected chi connectivity index (χ3v) is 5.97. The van der Waals surface area contributed by atoms with Gasteiger partial charge in [0.2, 0.25) is 11.9 Å². The molecule has 3 rings (SSSR count). The van der Waals surface area contributed by atoms with Gasteiger partial charge >= 0.3 is 18.2 Å². The van der Waals surface area contributed by atoms with Crippen molar-refractivity contribution in [1.82, 2.24) is 10.2 Å². The second-order valence-electron chi connectivity index (χ2n) is 8.18. The molecule has 0 aromatic heterocycles. The van der Waals surface area contributed by atoms with Gasteiger partial charge in [-0.2, -0.15) is 18.4 Å². The topological polar surface area (TPSA) is 153 Å². The fraction of sp³-hybridized carbons (Fsp3) is 0.240. The normalized spacial score (nSPS) is 15.7. The predicted molar refractivity (Wildman–Crippen MR) is 129 cm³/mol. The maximum absolute atomic E-state index is 13.4. The molecule has 0 spiro atoms. The lowest BCUT2D eigenvalue weighted by atomic mass is 9.88. The number of alkyl halides is 3. The molecule has 1 unspecified atom stereocenters. The predicted octanol–water partition coefficient (Wildman–Crippen LogP) is 3.19. The molecule has 3 amide bonds. The van der Waals surface area contributed by atoms with Crippen molar-refractivity contribution in [3.63, 3.8) is 0 Å². The SMILES string of the molecule is CNC(=O)Cc1cc(C#N)ccc1C1C(C(=O)OC)=C(C)N(c2cccc(C(F)(F)F)c2)C(=N)N1C(N)=O. The van der Waals surface area contributed by atoms with E-state index >= 15 is 0 Å². The molecule has 0 bridgehead atoms.